The van der Waals surface area contributed by atoms with E-state index in [2.05, 4.69) is 0 Å². The number of allylic oxidation sites excluding steroid dienone is 3. The van der Waals surface area contributed by atoms with Crippen LogP contribution in [0.1, 0.15) is 32.6 Å². The average Bonchev–Trinajstić information content (AvgIpc) is 2.43. The highest BCUT2D eigenvalue weighted by atomic mass is 16.1. The Kier molecular flexibility index (Phi) is 4.89. The van der Waals surface area contributed by atoms with Crippen molar-refractivity contribution in [2.24, 2.45) is 0 Å². The van der Waals surface area contributed by atoms with E-state index in [4.69, 9.17) is 0 Å². The Bertz CT molecular complexity index is 668. The van der Waals surface area contributed by atoms with Crippen LogP contribution < -0.4 is 0 Å². The summed E-state index contributed by atoms with van der Waals surface area (Å²) in [6, 6.07) is 14.1. The number of carbonyl (C=O) groups excluding carboxylic acids is 1. The van der Waals surface area contributed by atoms with Gasteiger partial charge in [-0.05, 0) is 43.5 Å². The van der Waals surface area contributed by atoms with Crippen LogP contribution >= 0.6 is 0 Å². The van der Waals surface area contributed by atoms with Crippen LogP contribution in [0.25, 0.3) is 6.08 Å². The number of hydrogen-bond acceptors (Lipinski definition) is 1. The van der Waals surface area contributed by atoms with Gasteiger partial charge < -0.3 is 0 Å². The molecule has 0 saturated heterocycles. The molecule has 0 N–H and O–H groups in total. The fourth-order valence-corrected chi connectivity index (χ4v) is 2.53. The van der Waals surface area contributed by atoms with E-state index in [0.29, 0.717) is 0 Å². The van der Waals surface area contributed by atoms with Gasteiger partial charge in [0.25, 0.3) is 0 Å². The van der Waals surface area contributed by atoms with E-state index in [1.807, 2.05) is 75.4 Å². The summed E-state index contributed by atoms with van der Waals surface area (Å²) in [6.07, 6.45) is 7.31. The van der Waals surface area contributed by atoms with E-state index in [1.54, 1.807) is 12.2 Å². The Morgan fingerprint density at radius 1 is 0.905 bits per heavy atom. The van der Waals surface area contributed by atoms with Crippen LogP contribution in [0.15, 0.2) is 60.7 Å². The molecule has 0 heterocycles. The normalized spacial score (nSPS) is 11.4. The van der Waals surface area contributed by atoms with Crippen LogP contribution in [0.4, 0.5) is 0 Å². The molecule has 0 saturated carbocycles. The molecule has 0 aliphatic carbocycles. The van der Waals surface area contributed by atoms with Gasteiger partial charge in [0.1, 0.15) is 0 Å². The van der Waals surface area contributed by atoms with Crippen molar-refractivity contribution in [3.8, 4) is 0 Å². The third-order valence-electron chi connectivity index (χ3n) is 3.37. The molecule has 0 aliphatic heterocycles. The third-order valence-corrected chi connectivity index (χ3v) is 3.37. The Morgan fingerprint density at radius 2 is 1.52 bits per heavy atom. The van der Waals surface area contributed by atoms with Crippen molar-refractivity contribution in [1.29, 1.82) is 0 Å². The van der Waals surface area contributed by atoms with E-state index < -0.39 is 0 Å². The van der Waals surface area contributed by atoms with Crippen LogP contribution in [0.5, 0.6) is 0 Å². The van der Waals surface area contributed by atoms with Crippen molar-refractivity contribution < 1.29 is 4.79 Å². The highest BCUT2D eigenvalue weighted by Crippen LogP contribution is 2.17. The van der Waals surface area contributed by atoms with Gasteiger partial charge in [0.2, 0.25) is 0 Å². The van der Waals surface area contributed by atoms with Gasteiger partial charge in [-0.25, -0.2) is 0 Å². The molecule has 106 valence electrons. The van der Waals surface area contributed by atoms with Crippen molar-refractivity contribution in [3.05, 3.63) is 88.5 Å². The maximum atomic E-state index is 12.3. The van der Waals surface area contributed by atoms with Crippen LogP contribution in [-0.2, 0) is 0 Å². The molecule has 0 bridgehead atoms. The minimum absolute atomic E-state index is 0.0581. The van der Waals surface area contributed by atoms with Gasteiger partial charge in [-0.15, -0.1) is 0 Å². The largest absolute Gasteiger partial charge is 0.289 e. The van der Waals surface area contributed by atoms with E-state index in [0.717, 1.165) is 22.3 Å². The van der Waals surface area contributed by atoms with Crippen LogP contribution in [0.2, 0.25) is 0 Å². The summed E-state index contributed by atoms with van der Waals surface area (Å²) in [6.45, 7) is 6.02. The molecule has 0 aromatic heterocycles. The van der Waals surface area contributed by atoms with Crippen LogP contribution in [0.3, 0.4) is 0 Å². The van der Waals surface area contributed by atoms with Crippen molar-refractivity contribution in [2.75, 3.05) is 0 Å². The van der Waals surface area contributed by atoms with Crippen molar-refractivity contribution in [3.63, 3.8) is 0 Å². The number of ketones is 1. The van der Waals surface area contributed by atoms with E-state index in [9.17, 15) is 4.79 Å². The molecular weight excluding hydrogens is 256 g/mol. The molecule has 0 atom stereocenters. The zero-order valence-electron chi connectivity index (χ0n) is 12.8. The fraction of sp³-hybridized carbons (Fsp3) is 0.150. The topological polar surface area (TPSA) is 17.1 Å². The van der Waals surface area contributed by atoms with Crippen molar-refractivity contribution in [2.45, 2.75) is 20.8 Å². The fourth-order valence-electron chi connectivity index (χ4n) is 2.53. The minimum Gasteiger partial charge on any atom is -0.289 e. The SMILES string of the molecule is Cc1cc(C)c(C(=O)C=CC=Cc2ccccc2)c(C)c1. The summed E-state index contributed by atoms with van der Waals surface area (Å²) in [7, 11) is 0. The highest BCUT2D eigenvalue weighted by Gasteiger charge is 2.09. The molecular formula is C20H20O. The molecule has 0 unspecified atom stereocenters. The zero-order valence-corrected chi connectivity index (χ0v) is 12.8. The van der Waals surface area contributed by atoms with Crippen LogP contribution in [0, 0.1) is 20.8 Å². The van der Waals surface area contributed by atoms with Gasteiger partial charge in [-0.1, -0.05) is 66.3 Å². The quantitative estimate of drug-likeness (QED) is 0.433. The second-order valence-electron chi connectivity index (χ2n) is 5.27. The monoisotopic (exact) mass is 276 g/mol. The highest BCUT2D eigenvalue weighted by molar-refractivity contribution is 6.06. The predicted molar refractivity (Wildman–Crippen MR) is 89.6 cm³/mol. The first-order valence-corrected chi connectivity index (χ1v) is 7.10. The summed E-state index contributed by atoms with van der Waals surface area (Å²) < 4.78 is 0. The molecule has 0 fully saturated rings. The predicted octanol–water partition coefficient (Wildman–Crippen LogP) is 5.06. The molecule has 0 aliphatic rings. The Labute approximate surface area is 126 Å². The Morgan fingerprint density at radius 3 is 2.14 bits per heavy atom. The summed E-state index contributed by atoms with van der Waals surface area (Å²) in [4.78, 5) is 12.3. The molecule has 2 rings (SSSR count). The molecule has 1 nitrogen and oxygen atoms in total. The lowest BCUT2D eigenvalue weighted by atomic mass is 9.96. The van der Waals surface area contributed by atoms with E-state index in [-0.39, 0.29) is 5.78 Å². The molecule has 0 spiro atoms. The maximum absolute atomic E-state index is 12.3. The standard InChI is InChI=1S/C20H20O/c1-15-13-16(2)20(17(3)14-15)19(21)12-8-7-11-18-9-5-4-6-10-18/h4-14H,1-3H3. The summed E-state index contributed by atoms with van der Waals surface area (Å²) >= 11 is 0. The first-order chi connectivity index (χ1) is 10.1. The summed E-state index contributed by atoms with van der Waals surface area (Å²) in [5.41, 5.74) is 5.19. The molecule has 2 aromatic rings. The van der Waals surface area contributed by atoms with Gasteiger partial charge in [-0.2, -0.15) is 0 Å². The van der Waals surface area contributed by atoms with Crippen molar-refractivity contribution >= 4 is 11.9 Å². The second kappa shape index (κ2) is 6.85. The molecule has 0 radical (unpaired) electrons. The van der Waals surface area contributed by atoms with Crippen LogP contribution in [-0.4, -0.2) is 5.78 Å². The number of hydrogen-bond donors (Lipinski definition) is 0. The average molecular weight is 276 g/mol. The molecule has 21 heavy (non-hydrogen) atoms. The lowest BCUT2D eigenvalue weighted by Crippen LogP contribution is -2.01. The summed E-state index contributed by atoms with van der Waals surface area (Å²) in [5.74, 6) is 0.0581. The first kappa shape index (κ1) is 15.0. The molecule has 1 heteroatoms. The maximum Gasteiger partial charge on any atom is 0.186 e. The van der Waals surface area contributed by atoms with Gasteiger partial charge in [0.05, 0.1) is 0 Å². The lowest BCUT2D eigenvalue weighted by molar-refractivity contribution is 0.104. The molecule has 0 amide bonds. The number of carbonyl (C=O) groups is 1. The third kappa shape index (κ3) is 4.03. The van der Waals surface area contributed by atoms with Gasteiger partial charge >= 0.3 is 0 Å². The number of rotatable bonds is 4. The van der Waals surface area contributed by atoms with E-state index >= 15 is 0 Å². The van der Waals surface area contributed by atoms with Gasteiger partial charge in [0.15, 0.2) is 5.78 Å². The number of aryl methyl sites for hydroxylation is 3. The minimum atomic E-state index is 0.0581. The van der Waals surface area contributed by atoms with Crippen molar-refractivity contribution in [1.82, 2.24) is 0 Å². The van der Waals surface area contributed by atoms with Gasteiger partial charge in [-0.3, -0.25) is 4.79 Å². The Balaban J connectivity index is 2.12. The summed E-state index contributed by atoms with van der Waals surface area (Å²) in [5, 5.41) is 0. The zero-order chi connectivity index (χ0) is 15.2. The first-order valence-electron chi connectivity index (χ1n) is 7.10. The Hall–Kier alpha value is -2.41. The smallest absolute Gasteiger partial charge is 0.186 e. The second-order valence-corrected chi connectivity index (χ2v) is 5.27. The van der Waals surface area contributed by atoms with Gasteiger partial charge in [0, 0.05) is 5.56 Å². The molecule has 2 aromatic carbocycles. The van der Waals surface area contributed by atoms with E-state index in [1.165, 1.54) is 5.56 Å². The lowest BCUT2D eigenvalue weighted by Gasteiger charge is -2.07. The number of benzene rings is 2.